The quantitative estimate of drug-likeness (QED) is 0.302. The predicted octanol–water partition coefficient (Wildman–Crippen LogP) is 6.44. The van der Waals surface area contributed by atoms with Crippen molar-refractivity contribution in [2.75, 3.05) is 11.9 Å². The zero-order valence-corrected chi connectivity index (χ0v) is 16.4. The number of rotatable bonds is 10. The van der Waals surface area contributed by atoms with Gasteiger partial charge in [0.15, 0.2) is 0 Å². The third kappa shape index (κ3) is 5.05. The average molecular weight is 356 g/mol. The van der Waals surface area contributed by atoms with Crippen molar-refractivity contribution >= 4 is 23.3 Å². The van der Waals surface area contributed by atoms with E-state index >= 15 is 0 Å². The summed E-state index contributed by atoms with van der Waals surface area (Å²) in [7, 11) is 0. The van der Waals surface area contributed by atoms with Crippen molar-refractivity contribution in [3.63, 3.8) is 0 Å². The molecule has 0 fully saturated rings. The van der Waals surface area contributed by atoms with Crippen LogP contribution in [-0.2, 0) is 10.2 Å². The first-order valence-electron chi connectivity index (χ1n) is 8.98. The number of allylic oxidation sites excluding steroid dienone is 1. The summed E-state index contributed by atoms with van der Waals surface area (Å²) >= 11 is 1.77. The Hall–Kier alpha value is -1.87. The van der Waals surface area contributed by atoms with E-state index in [9.17, 15) is 4.79 Å². The zero-order valence-electron chi connectivity index (χ0n) is 15.6. The van der Waals surface area contributed by atoms with Crippen LogP contribution in [-0.4, -0.2) is 12.8 Å². The summed E-state index contributed by atoms with van der Waals surface area (Å²) in [5.74, 6) is 0. The second-order valence-electron chi connectivity index (χ2n) is 7.09. The van der Waals surface area contributed by atoms with E-state index in [2.05, 4.69) is 68.4 Å². The molecule has 0 radical (unpaired) electrons. The first kappa shape index (κ1) is 19.5. The van der Waals surface area contributed by atoms with Gasteiger partial charge in [0.2, 0.25) is 0 Å². The first-order chi connectivity index (χ1) is 12.0. The highest BCUT2D eigenvalue weighted by molar-refractivity contribution is 7.13. The summed E-state index contributed by atoms with van der Waals surface area (Å²) in [6, 6.07) is 10.9. The van der Waals surface area contributed by atoms with Gasteiger partial charge in [-0.1, -0.05) is 44.6 Å². The van der Waals surface area contributed by atoms with Crippen LogP contribution in [0.5, 0.6) is 0 Å². The number of carbonyl (C=O) groups is 1. The minimum absolute atomic E-state index is 0.0902. The Morgan fingerprint density at radius 3 is 2.68 bits per heavy atom. The maximum absolute atomic E-state index is 10.4. The van der Waals surface area contributed by atoms with Gasteiger partial charge < -0.3 is 10.1 Å². The van der Waals surface area contributed by atoms with Crippen molar-refractivity contribution < 1.29 is 4.79 Å². The minimum atomic E-state index is -0.0902. The van der Waals surface area contributed by atoms with Crippen LogP contribution >= 0.6 is 11.3 Å². The van der Waals surface area contributed by atoms with Gasteiger partial charge in [-0.25, -0.2) is 0 Å². The molecule has 0 aliphatic heterocycles. The van der Waals surface area contributed by atoms with E-state index in [0.29, 0.717) is 6.42 Å². The minimum Gasteiger partial charge on any atom is -0.385 e. The van der Waals surface area contributed by atoms with Crippen molar-refractivity contribution in [2.45, 2.75) is 51.9 Å². The number of hydrogen-bond donors (Lipinski definition) is 1. The SMILES string of the molecule is C=C(C)C(C)(C)c1cc(-c2cccs2)ccc1NCCCCCC=O. The molecular formula is C22H29NOS. The van der Waals surface area contributed by atoms with Crippen molar-refractivity contribution in [1.29, 1.82) is 0 Å². The number of aldehydes is 1. The Balaban J connectivity index is 2.20. The number of thiophene rings is 1. The summed E-state index contributed by atoms with van der Waals surface area (Å²) in [6.07, 6.45) is 4.81. The number of hydrogen-bond acceptors (Lipinski definition) is 3. The molecule has 2 aromatic rings. The Morgan fingerprint density at radius 1 is 1.24 bits per heavy atom. The van der Waals surface area contributed by atoms with Crippen LogP contribution in [0.1, 0.15) is 52.0 Å². The first-order valence-corrected chi connectivity index (χ1v) is 9.86. The summed E-state index contributed by atoms with van der Waals surface area (Å²) in [5.41, 5.74) is 4.80. The number of anilines is 1. The highest BCUT2D eigenvalue weighted by Gasteiger charge is 2.25. The van der Waals surface area contributed by atoms with Crippen LogP contribution in [0.3, 0.4) is 0 Å². The molecule has 0 unspecified atom stereocenters. The lowest BCUT2D eigenvalue weighted by molar-refractivity contribution is -0.107. The molecule has 1 aromatic heterocycles. The molecule has 0 atom stereocenters. The molecule has 0 saturated carbocycles. The zero-order chi connectivity index (χ0) is 18.3. The third-order valence-electron chi connectivity index (χ3n) is 4.88. The van der Waals surface area contributed by atoms with Crippen LogP contribution in [0, 0.1) is 0 Å². The molecule has 0 bridgehead atoms. The van der Waals surface area contributed by atoms with Gasteiger partial charge >= 0.3 is 0 Å². The molecule has 3 heteroatoms. The van der Waals surface area contributed by atoms with Crippen LogP contribution in [0.2, 0.25) is 0 Å². The second-order valence-corrected chi connectivity index (χ2v) is 8.03. The number of nitrogens with one attached hydrogen (secondary N) is 1. The Labute approximate surface area is 156 Å². The van der Waals surface area contributed by atoms with E-state index < -0.39 is 0 Å². The van der Waals surface area contributed by atoms with Gasteiger partial charge in [-0.05, 0) is 54.5 Å². The highest BCUT2D eigenvalue weighted by atomic mass is 32.1. The van der Waals surface area contributed by atoms with Gasteiger partial charge in [-0.2, -0.15) is 0 Å². The predicted molar refractivity (Wildman–Crippen MR) is 111 cm³/mol. The summed E-state index contributed by atoms with van der Waals surface area (Å²) in [5, 5.41) is 5.71. The van der Waals surface area contributed by atoms with Gasteiger partial charge in [-0.15, -0.1) is 11.3 Å². The van der Waals surface area contributed by atoms with Crippen LogP contribution < -0.4 is 5.32 Å². The normalized spacial score (nSPS) is 11.3. The molecule has 1 heterocycles. The molecule has 0 aliphatic carbocycles. The molecule has 2 rings (SSSR count). The van der Waals surface area contributed by atoms with Crippen molar-refractivity contribution in [3.05, 3.63) is 53.4 Å². The summed E-state index contributed by atoms with van der Waals surface area (Å²) in [6.45, 7) is 11.7. The largest absolute Gasteiger partial charge is 0.385 e. The highest BCUT2D eigenvalue weighted by Crippen LogP contribution is 2.38. The molecule has 2 nitrogen and oxygen atoms in total. The van der Waals surface area contributed by atoms with Crippen molar-refractivity contribution in [1.82, 2.24) is 0 Å². The molecule has 0 spiro atoms. The Bertz CT molecular complexity index is 701. The van der Waals surface area contributed by atoms with Crippen molar-refractivity contribution in [2.24, 2.45) is 0 Å². The van der Waals surface area contributed by atoms with Gasteiger partial charge in [0.1, 0.15) is 6.29 Å². The Kier molecular flexibility index (Phi) is 7.01. The van der Waals surface area contributed by atoms with Gasteiger partial charge in [0, 0.05) is 28.9 Å². The molecule has 25 heavy (non-hydrogen) atoms. The number of unbranched alkanes of at least 4 members (excludes halogenated alkanes) is 3. The lowest BCUT2D eigenvalue weighted by Crippen LogP contribution is -2.20. The number of benzene rings is 1. The Morgan fingerprint density at radius 2 is 2.04 bits per heavy atom. The van der Waals surface area contributed by atoms with E-state index in [-0.39, 0.29) is 5.41 Å². The summed E-state index contributed by atoms with van der Waals surface area (Å²) in [4.78, 5) is 11.7. The summed E-state index contributed by atoms with van der Waals surface area (Å²) < 4.78 is 0. The molecule has 1 N–H and O–H groups in total. The van der Waals surface area contributed by atoms with E-state index in [0.717, 1.165) is 37.7 Å². The molecule has 0 aliphatic rings. The fourth-order valence-corrected chi connectivity index (χ4v) is 3.52. The smallest absolute Gasteiger partial charge is 0.119 e. The van der Waals surface area contributed by atoms with E-state index in [1.54, 1.807) is 11.3 Å². The molecule has 134 valence electrons. The molecular weight excluding hydrogens is 326 g/mol. The molecule has 0 amide bonds. The molecule has 0 saturated heterocycles. The fraction of sp³-hybridized carbons (Fsp3) is 0.409. The topological polar surface area (TPSA) is 29.1 Å². The van der Waals surface area contributed by atoms with Gasteiger partial charge in [-0.3, -0.25) is 0 Å². The standard InChI is InChI=1S/C22H29NOS/c1-17(2)22(3,4)19-16-18(21-10-9-15-25-21)11-12-20(19)23-13-7-5-6-8-14-24/h9-12,14-16,23H,1,5-8,13H2,2-4H3. The number of carbonyl (C=O) groups excluding carboxylic acids is 1. The van der Waals surface area contributed by atoms with E-state index in [4.69, 9.17) is 0 Å². The van der Waals surface area contributed by atoms with E-state index in [1.807, 2.05) is 0 Å². The van der Waals surface area contributed by atoms with Crippen LogP contribution in [0.15, 0.2) is 47.9 Å². The van der Waals surface area contributed by atoms with E-state index in [1.165, 1.54) is 21.7 Å². The van der Waals surface area contributed by atoms with Crippen LogP contribution in [0.4, 0.5) is 5.69 Å². The average Bonchev–Trinajstić information content (AvgIpc) is 3.12. The maximum Gasteiger partial charge on any atom is 0.119 e. The third-order valence-corrected chi connectivity index (χ3v) is 5.80. The van der Waals surface area contributed by atoms with Gasteiger partial charge in [0.05, 0.1) is 0 Å². The molecule has 1 aromatic carbocycles. The second kappa shape index (κ2) is 9.00. The lowest BCUT2D eigenvalue weighted by atomic mass is 9.77. The van der Waals surface area contributed by atoms with Gasteiger partial charge in [0.25, 0.3) is 0 Å². The maximum atomic E-state index is 10.4. The lowest BCUT2D eigenvalue weighted by Gasteiger charge is -2.29. The van der Waals surface area contributed by atoms with Crippen molar-refractivity contribution in [3.8, 4) is 10.4 Å². The monoisotopic (exact) mass is 355 g/mol. The fourth-order valence-electron chi connectivity index (χ4n) is 2.79. The van der Waals surface area contributed by atoms with Crippen LogP contribution in [0.25, 0.3) is 10.4 Å².